The van der Waals surface area contributed by atoms with Crippen LogP contribution < -0.4 is 5.56 Å². The number of ether oxygens (including phenoxy) is 1. The molecule has 0 unspecified atom stereocenters. The maximum absolute atomic E-state index is 12.3. The van der Waals surface area contributed by atoms with Crippen molar-refractivity contribution in [1.82, 2.24) is 9.55 Å². The molecule has 0 N–H and O–H groups in total. The zero-order valence-electron chi connectivity index (χ0n) is 11.8. The number of nitrogens with zero attached hydrogens (tertiary/aromatic N) is 2. The highest BCUT2D eigenvalue weighted by Crippen LogP contribution is 2.11. The van der Waals surface area contributed by atoms with Crippen molar-refractivity contribution in [1.29, 1.82) is 0 Å². The summed E-state index contributed by atoms with van der Waals surface area (Å²) in [6, 6.07) is 5.43. The van der Waals surface area contributed by atoms with Gasteiger partial charge in [0, 0.05) is 0 Å². The van der Waals surface area contributed by atoms with Crippen LogP contribution in [0.4, 0.5) is 0 Å². The van der Waals surface area contributed by atoms with E-state index in [-0.39, 0.29) is 12.1 Å². The van der Waals surface area contributed by atoms with Crippen LogP contribution in [0.15, 0.2) is 29.3 Å². The Hall–Kier alpha value is -2.17. The van der Waals surface area contributed by atoms with Crippen molar-refractivity contribution in [3.8, 4) is 0 Å². The minimum atomic E-state index is -0.408. The maximum atomic E-state index is 12.3. The van der Waals surface area contributed by atoms with Crippen molar-refractivity contribution < 1.29 is 9.53 Å². The average molecular weight is 274 g/mol. The second kappa shape index (κ2) is 6.32. The molecule has 0 amide bonds. The highest BCUT2D eigenvalue weighted by Gasteiger charge is 2.09. The number of benzene rings is 1. The fourth-order valence-electron chi connectivity index (χ4n) is 1.97. The molecule has 0 bridgehead atoms. The molecular weight excluding hydrogens is 256 g/mol. The number of unbranched alkanes of at least 4 members (excludes halogenated alkanes) is 1. The lowest BCUT2D eigenvalue weighted by Gasteiger charge is -2.08. The summed E-state index contributed by atoms with van der Waals surface area (Å²) < 4.78 is 6.34. The standard InChI is InChI=1S/C15H18N2O3/c1-3-4-8-20-13(18)9-17-10-16-14-11(2)6-5-7-12(14)15(17)19/h5-7,10H,3-4,8-9H2,1-2H3. The van der Waals surface area contributed by atoms with Gasteiger partial charge in [-0.1, -0.05) is 25.5 Å². The Morgan fingerprint density at radius 2 is 2.20 bits per heavy atom. The van der Waals surface area contributed by atoms with Crippen molar-refractivity contribution in [3.05, 3.63) is 40.4 Å². The van der Waals surface area contributed by atoms with Gasteiger partial charge in [0.25, 0.3) is 5.56 Å². The van der Waals surface area contributed by atoms with Crippen LogP contribution in [0.3, 0.4) is 0 Å². The molecule has 0 saturated heterocycles. The summed E-state index contributed by atoms with van der Waals surface area (Å²) in [5, 5.41) is 0.522. The van der Waals surface area contributed by atoms with E-state index in [1.54, 1.807) is 6.07 Å². The number of aromatic nitrogens is 2. The fraction of sp³-hybridized carbons (Fsp3) is 0.400. The molecule has 1 heterocycles. The Bertz CT molecular complexity index is 676. The monoisotopic (exact) mass is 274 g/mol. The highest BCUT2D eigenvalue weighted by atomic mass is 16.5. The molecule has 2 aromatic rings. The minimum Gasteiger partial charge on any atom is -0.464 e. The number of aryl methyl sites for hydroxylation is 1. The third kappa shape index (κ3) is 3.04. The molecule has 0 radical (unpaired) electrons. The second-order valence-electron chi connectivity index (χ2n) is 4.72. The van der Waals surface area contributed by atoms with Gasteiger partial charge in [-0.2, -0.15) is 0 Å². The first-order valence-electron chi connectivity index (χ1n) is 6.74. The van der Waals surface area contributed by atoms with Crippen LogP contribution >= 0.6 is 0 Å². The number of hydrogen-bond acceptors (Lipinski definition) is 4. The summed E-state index contributed by atoms with van der Waals surface area (Å²) in [7, 11) is 0. The molecule has 0 aliphatic carbocycles. The normalized spacial score (nSPS) is 10.7. The number of carbonyl (C=O) groups is 1. The molecule has 0 fully saturated rings. The van der Waals surface area contributed by atoms with E-state index in [9.17, 15) is 9.59 Å². The summed E-state index contributed by atoms with van der Waals surface area (Å²) in [6.45, 7) is 4.22. The van der Waals surface area contributed by atoms with Crippen LogP contribution in [-0.2, 0) is 16.1 Å². The van der Waals surface area contributed by atoms with Crippen LogP contribution in [0.2, 0.25) is 0 Å². The average Bonchev–Trinajstić information content (AvgIpc) is 2.43. The van der Waals surface area contributed by atoms with Gasteiger partial charge < -0.3 is 4.74 Å². The van der Waals surface area contributed by atoms with Gasteiger partial charge in [-0.3, -0.25) is 14.2 Å². The summed E-state index contributed by atoms with van der Waals surface area (Å²) in [4.78, 5) is 28.1. The van der Waals surface area contributed by atoms with Crippen molar-refractivity contribution in [2.24, 2.45) is 0 Å². The predicted molar refractivity (Wildman–Crippen MR) is 76.6 cm³/mol. The van der Waals surface area contributed by atoms with Gasteiger partial charge in [-0.05, 0) is 25.0 Å². The molecule has 0 aliphatic heterocycles. The Balaban J connectivity index is 2.22. The Labute approximate surface area is 117 Å². The summed E-state index contributed by atoms with van der Waals surface area (Å²) in [6.07, 6.45) is 3.19. The molecule has 2 rings (SSSR count). The van der Waals surface area contributed by atoms with Crippen molar-refractivity contribution in [2.45, 2.75) is 33.2 Å². The van der Waals surface area contributed by atoms with Crippen LogP contribution in [0.5, 0.6) is 0 Å². The largest absolute Gasteiger partial charge is 0.464 e. The zero-order valence-corrected chi connectivity index (χ0v) is 11.8. The first-order chi connectivity index (χ1) is 9.63. The molecule has 0 saturated carbocycles. The Morgan fingerprint density at radius 3 is 2.95 bits per heavy atom. The van der Waals surface area contributed by atoms with E-state index >= 15 is 0 Å². The Kier molecular flexibility index (Phi) is 4.50. The quantitative estimate of drug-likeness (QED) is 0.618. The van der Waals surface area contributed by atoms with Gasteiger partial charge in [0.05, 0.1) is 23.8 Å². The van der Waals surface area contributed by atoms with Crippen molar-refractivity contribution in [2.75, 3.05) is 6.61 Å². The van der Waals surface area contributed by atoms with Gasteiger partial charge in [-0.15, -0.1) is 0 Å². The van der Waals surface area contributed by atoms with Gasteiger partial charge in [-0.25, -0.2) is 4.98 Å². The van der Waals surface area contributed by atoms with E-state index in [1.165, 1.54) is 10.9 Å². The fourth-order valence-corrected chi connectivity index (χ4v) is 1.97. The third-order valence-electron chi connectivity index (χ3n) is 3.12. The molecule has 0 atom stereocenters. The lowest BCUT2D eigenvalue weighted by molar-refractivity contribution is -0.144. The second-order valence-corrected chi connectivity index (χ2v) is 4.72. The highest BCUT2D eigenvalue weighted by molar-refractivity contribution is 5.80. The Morgan fingerprint density at radius 1 is 1.40 bits per heavy atom. The van der Waals surface area contributed by atoms with Crippen molar-refractivity contribution in [3.63, 3.8) is 0 Å². The van der Waals surface area contributed by atoms with E-state index in [0.29, 0.717) is 17.5 Å². The number of esters is 1. The van der Waals surface area contributed by atoms with Gasteiger partial charge in [0.2, 0.25) is 0 Å². The molecule has 0 aliphatic rings. The summed E-state index contributed by atoms with van der Waals surface area (Å²) in [5.41, 5.74) is 1.40. The van der Waals surface area contributed by atoms with E-state index in [2.05, 4.69) is 4.98 Å². The van der Waals surface area contributed by atoms with Crippen LogP contribution in [0.25, 0.3) is 10.9 Å². The molecule has 0 spiro atoms. The maximum Gasteiger partial charge on any atom is 0.326 e. The number of carbonyl (C=O) groups excluding carboxylic acids is 1. The van der Waals surface area contributed by atoms with Crippen LogP contribution in [0.1, 0.15) is 25.3 Å². The predicted octanol–water partition coefficient (Wildman–Crippen LogP) is 2.05. The molecule has 106 valence electrons. The number of rotatable bonds is 5. The topological polar surface area (TPSA) is 61.2 Å². The van der Waals surface area contributed by atoms with Gasteiger partial charge >= 0.3 is 5.97 Å². The van der Waals surface area contributed by atoms with E-state index in [4.69, 9.17) is 4.74 Å². The first-order valence-corrected chi connectivity index (χ1v) is 6.74. The van der Waals surface area contributed by atoms with Crippen molar-refractivity contribution >= 4 is 16.9 Å². The minimum absolute atomic E-state index is 0.0978. The van der Waals surface area contributed by atoms with Crippen LogP contribution in [0, 0.1) is 6.92 Å². The molecule has 20 heavy (non-hydrogen) atoms. The lowest BCUT2D eigenvalue weighted by atomic mass is 10.1. The number of para-hydroxylation sites is 1. The van der Waals surface area contributed by atoms with Crippen LogP contribution in [-0.4, -0.2) is 22.1 Å². The van der Waals surface area contributed by atoms with Gasteiger partial charge in [0.15, 0.2) is 0 Å². The van der Waals surface area contributed by atoms with Gasteiger partial charge in [0.1, 0.15) is 6.54 Å². The molecule has 5 nitrogen and oxygen atoms in total. The summed E-state index contributed by atoms with van der Waals surface area (Å²) >= 11 is 0. The molecular formula is C15H18N2O3. The lowest BCUT2D eigenvalue weighted by Crippen LogP contribution is -2.26. The summed E-state index contributed by atoms with van der Waals surface area (Å²) in [5.74, 6) is -0.408. The smallest absolute Gasteiger partial charge is 0.326 e. The first kappa shape index (κ1) is 14.2. The SMILES string of the molecule is CCCCOC(=O)Cn1cnc2c(C)cccc2c1=O. The van der Waals surface area contributed by atoms with E-state index in [1.807, 2.05) is 26.0 Å². The van der Waals surface area contributed by atoms with E-state index < -0.39 is 5.97 Å². The molecule has 5 heteroatoms. The molecule has 1 aromatic carbocycles. The molecule has 1 aromatic heterocycles. The zero-order chi connectivity index (χ0) is 14.5. The third-order valence-corrected chi connectivity index (χ3v) is 3.12. The number of hydrogen-bond donors (Lipinski definition) is 0. The van der Waals surface area contributed by atoms with E-state index in [0.717, 1.165) is 18.4 Å². The number of fused-ring (bicyclic) bond motifs is 1.